The molecule has 2 aromatic rings. The van der Waals surface area contributed by atoms with E-state index in [1.165, 1.54) is 12.1 Å². The normalized spacial score (nSPS) is 16.6. The highest BCUT2D eigenvalue weighted by Gasteiger charge is 2.27. The molecule has 1 atom stereocenters. The highest BCUT2D eigenvalue weighted by atomic mass is 35.5. The Bertz CT molecular complexity index is 760. The fraction of sp³-hybridized carbons (Fsp3) is 0.474. The van der Waals surface area contributed by atoms with Crippen LogP contribution in [0.3, 0.4) is 0 Å². The van der Waals surface area contributed by atoms with Crippen molar-refractivity contribution in [1.82, 2.24) is 20.0 Å². The van der Waals surface area contributed by atoms with E-state index in [-0.39, 0.29) is 24.1 Å². The number of aromatic nitrogens is 2. The highest BCUT2D eigenvalue weighted by Crippen LogP contribution is 2.21. The molecule has 1 saturated heterocycles. The maximum Gasteiger partial charge on any atom is 0.227 e. The van der Waals surface area contributed by atoms with Gasteiger partial charge in [-0.15, -0.1) is 12.4 Å². The van der Waals surface area contributed by atoms with Gasteiger partial charge in [0.2, 0.25) is 5.91 Å². The van der Waals surface area contributed by atoms with Crippen LogP contribution < -0.4 is 5.32 Å². The second-order valence-electron chi connectivity index (χ2n) is 6.77. The van der Waals surface area contributed by atoms with Gasteiger partial charge in [0.1, 0.15) is 5.82 Å². The van der Waals surface area contributed by atoms with Crippen LogP contribution >= 0.6 is 12.4 Å². The fourth-order valence-electron chi connectivity index (χ4n) is 3.54. The van der Waals surface area contributed by atoms with Crippen molar-refractivity contribution in [2.24, 2.45) is 5.92 Å². The van der Waals surface area contributed by atoms with Gasteiger partial charge in [-0.25, -0.2) is 9.07 Å². The van der Waals surface area contributed by atoms with Crippen molar-refractivity contribution in [2.75, 3.05) is 26.7 Å². The Morgan fingerprint density at radius 3 is 2.65 bits per heavy atom. The second-order valence-corrected chi connectivity index (χ2v) is 6.77. The van der Waals surface area contributed by atoms with Gasteiger partial charge in [-0.2, -0.15) is 5.10 Å². The summed E-state index contributed by atoms with van der Waals surface area (Å²) >= 11 is 0. The van der Waals surface area contributed by atoms with Gasteiger partial charge >= 0.3 is 0 Å². The topological polar surface area (TPSA) is 50.2 Å². The molecule has 1 fully saturated rings. The number of likely N-dealkylation sites (tertiary alicyclic amines) is 1. The van der Waals surface area contributed by atoms with Crippen molar-refractivity contribution in [3.63, 3.8) is 0 Å². The molecule has 1 aromatic heterocycles. The summed E-state index contributed by atoms with van der Waals surface area (Å²) in [4.78, 5) is 14.6. The number of hydrogen-bond donors (Lipinski definition) is 1. The summed E-state index contributed by atoms with van der Waals surface area (Å²) in [7, 11) is 1.95. The van der Waals surface area contributed by atoms with E-state index < -0.39 is 0 Å². The molecule has 7 heteroatoms. The third-order valence-corrected chi connectivity index (χ3v) is 4.97. The summed E-state index contributed by atoms with van der Waals surface area (Å²) in [5, 5.41) is 7.73. The lowest BCUT2D eigenvalue weighted by atomic mass is 10.1. The molecule has 26 heavy (non-hydrogen) atoms. The van der Waals surface area contributed by atoms with Crippen molar-refractivity contribution >= 4 is 18.3 Å². The minimum Gasteiger partial charge on any atom is -0.342 e. The molecule has 0 spiro atoms. The molecule has 142 valence electrons. The SMILES string of the molecule is CNCC1CCN(C(=O)Cc2c(C)nn(-c3ccc(F)cc3)c2C)C1.Cl. The first-order chi connectivity index (χ1) is 12.0. The van der Waals surface area contributed by atoms with E-state index in [4.69, 9.17) is 0 Å². The predicted molar refractivity (Wildman–Crippen MR) is 103 cm³/mol. The van der Waals surface area contributed by atoms with Crippen molar-refractivity contribution in [1.29, 1.82) is 0 Å². The molecule has 0 aliphatic carbocycles. The molecule has 0 bridgehead atoms. The third-order valence-electron chi connectivity index (χ3n) is 4.97. The number of aryl methyl sites for hydroxylation is 1. The lowest BCUT2D eigenvalue weighted by molar-refractivity contribution is -0.129. The lowest BCUT2D eigenvalue weighted by Crippen LogP contribution is -2.31. The molecule has 0 radical (unpaired) electrons. The molecule has 1 N–H and O–H groups in total. The smallest absolute Gasteiger partial charge is 0.227 e. The first kappa shape index (κ1) is 20.4. The lowest BCUT2D eigenvalue weighted by Gasteiger charge is -2.17. The van der Waals surface area contributed by atoms with Gasteiger partial charge in [0, 0.05) is 24.3 Å². The number of rotatable bonds is 5. The van der Waals surface area contributed by atoms with Crippen LogP contribution in [0.15, 0.2) is 24.3 Å². The van der Waals surface area contributed by atoms with Crippen molar-refractivity contribution in [2.45, 2.75) is 26.7 Å². The number of nitrogens with one attached hydrogen (secondary N) is 1. The molecule has 2 heterocycles. The van der Waals surface area contributed by atoms with Crippen LogP contribution in [0.5, 0.6) is 0 Å². The Hall–Kier alpha value is -1.92. The number of carbonyl (C=O) groups is 1. The highest BCUT2D eigenvalue weighted by molar-refractivity contribution is 5.85. The number of carbonyl (C=O) groups excluding carboxylic acids is 1. The summed E-state index contributed by atoms with van der Waals surface area (Å²) < 4.78 is 14.9. The van der Waals surface area contributed by atoms with E-state index in [2.05, 4.69) is 10.4 Å². The number of amides is 1. The van der Waals surface area contributed by atoms with Gasteiger partial charge in [-0.1, -0.05) is 0 Å². The predicted octanol–water partition coefficient (Wildman–Crippen LogP) is 2.66. The van der Waals surface area contributed by atoms with Crippen LogP contribution in [0.1, 0.15) is 23.4 Å². The number of halogens is 2. The quantitative estimate of drug-likeness (QED) is 0.867. The Morgan fingerprint density at radius 2 is 2.00 bits per heavy atom. The molecule has 3 rings (SSSR count). The Kier molecular flexibility index (Phi) is 6.78. The largest absolute Gasteiger partial charge is 0.342 e. The van der Waals surface area contributed by atoms with Gasteiger partial charge in [0.05, 0.1) is 17.8 Å². The van der Waals surface area contributed by atoms with Crippen LogP contribution in [0.4, 0.5) is 4.39 Å². The molecule has 1 unspecified atom stereocenters. The average molecular weight is 381 g/mol. The maximum absolute atomic E-state index is 13.1. The Morgan fingerprint density at radius 1 is 1.31 bits per heavy atom. The summed E-state index contributed by atoms with van der Waals surface area (Å²) in [5.74, 6) is 0.424. The molecule has 0 saturated carbocycles. The standard InChI is InChI=1S/C19H25FN4O.ClH/c1-13-18(10-19(25)23-9-8-15(12-23)11-21-3)14(2)24(22-13)17-6-4-16(20)5-7-17;/h4-7,15,21H,8-12H2,1-3H3;1H. The van der Waals surface area contributed by atoms with Crippen LogP contribution in [0, 0.1) is 25.6 Å². The summed E-state index contributed by atoms with van der Waals surface area (Å²) in [6, 6.07) is 6.23. The molecular formula is C19H26ClFN4O. The van der Waals surface area contributed by atoms with E-state index in [0.29, 0.717) is 12.3 Å². The number of benzene rings is 1. The van der Waals surface area contributed by atoms with Crippen molar-refractivity contribution in [3.05, 3.63) is 47.0 Å². The number of nitrogens with zero attached hydrogens (tertiary/aromatic N) is 3. The zero-order valence-electron chi connectivity index (χ0n) is 15.5. The summed E-state index contributed by atoms with van der Waals surface area (Å²) in [6.45, 7) is 6.48. The van der Waals surface area contributed by atoms with Crippen molar-refractivity contribution < 1.29 is 9.18 Å². The average Bonchev–Trinajstić information content (AvgIpc) is 3.16. The molecule has 1 amide bonds. The summed E-state index contributed by atoms with van der Waals surface area (Å²) in [6.07, 6.45) is 1.42. The second kappa shape index (κ2) is 8.64. The van der Waals surface area contributed by atoms with Gasteiger partial charge < -0.3 is 10.2 Å². The van der Waals surface area contributed by atoms with Gasteiger partial charge in [0.25, 0.3) is 0 Å². The van der Waals surface area contributed by atoms with E-state index >= 15 is 0 Å². The Labute approximate surface area is 160 Å². The van der Waals surface area contributed by atoms with Crippen LogP contribution in [0.2, 0.25) is 0 Å². The fourth-order valence-corrected chi connectivity index (χ4v) is 3.54. The molecule has 1 aliphatic heterocycles. The van der Waals surface area contributed by atoms with Crippen LogP contribution in [-0.2, 0) is 11.2 Å². The molecule has 1 aliphatic rings. The van der Waals surface area contributed by atoms with E-state index in [1.807, 2.05) is 25.8 Å². The first-order valence-corrected chi connectivity index (χ1v) is 8.73. The molecule has 5 nitrogen and oxygen atoms in total. The maximum atomic E-state index is 13.1. The summed E-state index contributed by atoms with van der Waals surface area (Å²) in [5.41, 5.74) is 3.55. The van der Waals surface area contributed by atoms with E-state index in [0.717, 1.165) is 48.7 Å². The minimum atomic E-state index is -0.272. The monoisotopic (exact) mass is 380 g/mol. The molecule has 1 aromatic carbocycles. The zero-order chi connectivity index (χ0) is 18.0. The first-order valence-electron chi connectivity index (χ1n) is 8.73. The van der Waals surface area contributed by atoms with Gasteiger partial charge in [-0.05, 0) is 64.0 Å². The minimum absolute atomic E-state index is 0. The van der Waals surface area contributed by atoms with Gasteiger partial charge in [-0.3, -0.25) is 4.79 Å². The molecular weight excluding hydrogens is 355 g/mol. The number of hydrogen-bond acceptors (Lipinski definition) is 3. The van der Waals surface area contributed by atoms with Crippen molar-refractivity contribution in [3.8, 4) is 5.69 Å². The zero-order valence-corrected chi connectivity index (χ0v) is 16.3. The third kappa shape index (κ3) is 4.24. The van der Waals surface area contributed by atoms with E-state index in [1.54, 1.807) is 16.8 Å². The van der Waals surface area contributed by atoms with Gasteiger partial charge in [0.15, 0.2) is 0 Å². The Balaban J connectivity index is 0.00000243. The van der Waals surface area contributed by atoms with E-state index in [9.17, 15) is 9.18 Å². The van der Waals surface area contributed by atoms with Crippen LogP contribution in [0.25, 0.3) is 5.69 Å². The van der Waals surface area contributed by atoms with Crippen LogP contribution in [-0.4, -0.2) is 47.3 Å².